The number of rotatable bonds is 30. The van der Waals surface area contributed by atoms with Crippen molar-refractivity contribution in [1.82, 2.24) is 31.9 Å². The molecule has 0 bridgehead atoms. The number of aliphatic hydroxyl groups excluding tert-OH is 1. The number of nitrogens with zero attached hydrogens (tertiary/aromatic N) is 1. The first-order chi connectivity index (χ1) is 28.2. The minimum absolute atomic E-state index is 0.0222. The zero-order valence-electron chi connectivity index (χ0n) is 35.0. The number of hydrogen-bond acceptors (Lipinski definition) is 13. The van der Waals surface area contributed by atoms with Gasteiger partial charge in [-0.05, 0) is 57.3 Å². The van der Waals surface area contributed by atoms with Crippen LogP contribution in [0.25, 0.3) is 0 Å². The van der Waals surface area contributed by atoms with Crippen LogP contribution in [0.4, 0.5) is 0 Å². The summed E-state index contributed by atoms with van der Waals surface area (Å²) in [7, 11) is 0. The van der Waals surface area contributed by atoms with Gasteiger partial charge in [-0.3, -0.25) is 48.1 Å². The highest BCUT2D eigenvalue weighted by Crippen LogP contribution is 2.11. The van der Waals surface area contributed by atoms with Crippen LogP contribution >= 0.6 is 0 Å². The number of hydrogen-bond donors (Lipinski definition) is 14. The van der Waals surface area contributed by atoms with Crippen LogP contribution in [0.5, 0.6) is 0 Å². The summed E-state index contributed by atoms with van der Waals surface area (Å²) in [6, 6.07) is -10.9. The first kappa shape index (κ1) is 54.9. The fraction of sp³-hybridized carbons (Fsp3) is 0.694. The van der Waals surface area contributed by atoms with Crippen molar-refractivity contribution < 1.29 is 68.4 Å². The second-order valence-corrected chi connectivity index (χ2v) is 15.2. The van der Waals surface area contributed by atoms with E-state index in [4.69, 9.17) is 22.9 Å². The van der Waals surface area contributed by atoms with Crippen LogP contribution in [0.2, 0.25) is 0 Å². The average molecular weight is 874 g/mol. The van der Waals surface area contributed by atoms with E-state index in [0.29, 0.717) is 6.42 Å². The molecule has 0 aliphatic heterocycles. The average Bonchev–Trinajstić information content (AvgIpc) is 3.13. The Balaban J connectivity index is 6.44. The summed E-state index contributed by atoms with van der Waals surface area (Å²) in [6.45, 7) is 8.04. The first-order valence-corrected chi connectivity index (χ1v) is 19.5. The summed E-state index contributed by atoms with van der Waals surface area (Å²) >= 11 is 0. The van der Waals surface area contributed by atoms with Crippen LogP contribution in [0.3, 0.4) is 0 Å². The highest BCUT2D eigenvalue weighted by atomic mass is 16.4. The van der Waals surface area contributed by atoms with Gasteiger partial charge in [-0.2, -0.15) is 0 Å². The molecule has 0 heterocycles. The van der Waals surface area contributed by atoms with Crippen LogP contribution in [-0.2, 0) is 47.9 Å². The van der Waals surface area contributed by atoms with E-state index in [9.17, 15) is 68.4 Å². The van der Waals surface area contributed by atoms with Gasteiger partial charge in [-0.1, -0.05) is 27.7 Å². The molecule has 8 atom stereocenters. The zero-order valence-corrected chi connectivity index (χ0v) is 35.0. The van der Waals surface area contributed by atoms with Crippen LogP contribution in [-0.4, -0.2) is 141 Å². The Morgan fingerprint density at radius 2 is 0.951 bits per heavy atom. The van der Waals surface area contributed by atoms with Crippen molar-refractivity contribution in [3.8, 4) is 0 Å². The largest absolute Gasteiger partial charge is 0.481 e. The Bertz CT molecular complexity index is 1590. The van der Waals surface area contributed by atoms with E-state index in [1.807, 2.05) is 0 Å². The Kier molecular flexibility index (Phi) is 24.8. The van der Waals surface area contributed by atoms with Gasteiger partial charge in [0.2, 0.25) is 41.4 Å². The van der Waals surface area contributed by atoms with Gasteiger partial charge in [0.05, 0.1) is 18.6 Å². The normalized spacial score (nSPS) is 15.0. The monoisotopic (exact) mass is 873 g/mol. The third-order valence-corrected chi connectivity index (χ3v) is 8.63. The molecule has 0 radical (unpaired) electrons. The van der Waals surface area contributed by atoms with Gasteiger partial charge in [-0.25, -0.2) is 4.79 Å². The summed E-state index contributed by atoms with van der Waals surface area (Å²) in [5.41, 5.74) is 21.8. The van der Waals surface area contributed by atoms with Crippen molar-refractivity contribution in [2.75, 3.05) is 6.54 Å². The molecule has 0 rings (SSSR count). The van der Waals surface area contributed by atoms with Crippen molar-refractivity contribution in [2.24, 2.45) is 39.8 Å². The molecule has 25 nitrogen and oxygen atoms in total. The molecule has 0 aromatic rings. The topological polar surface area (TPSA) is 440 Å². The SMILES string of the molecule is CC(C)C[C@H](NC(=O)[C@H](CCC(=O)O)NC(=O)[C@H](CC(=O)O)NC(=O)[C@H](CC(C)C)NC(=O)[C@@H](N)CCCN=C(N)N)C(=O)N[C@@H](CCC(N)=O)C(=O)N[C@H](C(=O)O)[C@@H](C)O. The first-order valence-electron chi connectivity index (χ1n) is 19.5. The Labute approximate surface area is 352 Å². The molecule has 25 heteroatoms. The molecule has 0 unspecified atom stereocenters. The van der Waals surface area contributed by atoms with E-state index in [-0.39, 0.29) is 43.6 Å². The Hall–Kier alpha value is -6.11. The molecule has 7 amide bonds. The summed E-state index contributed by atoms with van der Waals surface area (Å²) < 4.78 is 0. The summed E-state index contributed by atoms with van der Waals surface area (Å²) in [6.07, 6.45) is -4.43. The van der Waals surface area contributed by atoms with Crippen LogP contribution in [0, 0.1) is 11.8 Å². The lowest BCUT2D eigenvalue weighted by atomic mass is 10.0. The maximum atomic E-state index is 13.7. The van der Waals surface area contributed by atoms with Crippen molar-refractivity contribution in [3.05, 3.63) is 0 Å². The number of aliphatic carboxylic acids is 3. The number of carboxylic acids is 3. The van der Waals surface area contributed by atoms with E-state index >= 15 is 0 Å². The van der Waals surface area contributed by atoms with Gasteiger partial charge in [0, 0.05) is 19.4 Å². The van der Waals surface area contributed by atoms with Crippen LogP contribution < -0.4 is 54.8 Å². The number of guanidine groups is 1. The van der Waals surface area contributed by atoms with Gasteiger partial charge in [0.25, 0.3) is 0 Å². The number of aliphatic hydroxyl groups is 1. The molecule has 0 fully saturated rings. The number of primary amides is 1. The standard InChI is InChI=1S/C36H63N11O14/c1-16(2)13-22(44-29(54)19(37)7-6-12-41-36(39)40)33(58)46-24(15-27(52)53)34(59)43-21(9-11-26(50)51)30(55)45-23(14-17(3)4)32(57)42-20(8-10-25(38)49)31(56)47-28(18(5)48)35(60)61/h16-24,28,48H,6-15,37H2,1-5H3,(H2,38,49)(H,42,57)(H,43,59)(H,44,54)(H,45,55)(H,46,58)(H,47,56)(H,50,51)(H,52,53)(H,60,61)(H4,39,40,41)/t18-,19+,20+,21+,22+,23+,24+,28+/m1/s1. The molecule has 0 aromatic heterocycles. The van der Waals surface area contributed by atoms with Crippen molar-refractivity contribution in [2.45, 2.75) is 141 Å². The van der Waals surface area contributed by atoms with Gasteiger partial charge >= 0.3 is 17.9 Å². The minimum atomic E-state index is -1.87. The summed E-state index contributed by atoms with van der Waals surface area (Å²) in [4.78, 5) is 131. The second kappa shape index (κ2) is 27.6. The Morgan fingerprint density at radius 3 is 1.36 bits per heavy atom. The van der Waals surface area contributed by atoms with Crippen LogP contribution in [0.15, 0.2) is 4.99 Å². The predicted molar refractivity (Wildman–Crippen MR) is 215 cm³/mol. The molecule has 0 spiro atoms. The van der Waals surface area contributed by atoms with Gasteiger partial charge in [0.1, 0.15) is 30.2 Å². The van der Waals surface area contributed by atoms with Crippen molar-refractivity contribution >= 4 is 65.2 Å². The van der Waals surface area contributed by atoms with E-state index in [1.165, 1.54) is 0 Å². The zero-order chi connectivity index (χ0) is 47.1. The molecule has 61 heavy (non-hydrogen) atoms. The maximum Gasteiger partial charge on any atom is 0.328 e. The van der Waals surface area contributed by atoms with E-state index in [0.717, 1.165) is 6.92 Å². The van der Waals surface area contributed by atoms with Crippen molar-refractivity contribution in [1.29, 1.82) is 0 Å². The molecule has 0 aromatic carbocycles. The highest BCUT2D eigenvalue weighted by molar-refractivity contribution is 5.98. The smallest absolute Gasteiger partial charge is 0.328 e. The molecule has 18 N–H and O–H groups in total. The fourth-order valence-electron chi connectivity index (χ4n) is 5.54. The highest BCUT2D eigenvalue weighted by Gasteiger charge is 2.35. The quantitative estimate of drug-likeness (QED) is 0.0184. The number of nitrogens with one attached hydrogen (secondary N) is 6. The fourth-order valence-corrected chi connectivity index (χ4v) is 5.54. The van der Waals surface area contributed by atoms with Gasteiger partial charge in [0.15, 0.2) is 12.0 Å². The number of carbonyl (C=O) groups is 10. The van der Waals surface area contributed by atoms with E-state index in [1.54, 1.807) is 27.7 Å². The molecule has 0 saturated heterocycles. The van der Waals surface area contributed by atoms with Crippen molar-refractivity contribution in [3.63, 3.8) is 0 Å². The lowest BCUT2D eigenvalue weighted by Gasteiger charge is -2.28. The molecule has 0 aliphatic rings. The third-order valence-electron chi connectivity index (χ3n) is 8.63. The van der Waals surface area contributed by atoms with Crippen LogP contribution in [0.1, 0.15) is 92.4 Å². The molecule has 0 saturated carbocycles. The van der Waals surface area contributed by atoms with E-state index < -0.39 is 140 Å². The number of amides is 7. The number of aliphatic imine (C=N–C) groups is 1. The van der Waals surface area contributed by atoms with Gasteiger partial charge < -0.3 is 75.3 Å². The Morgan fingerprint density at radius 1 is 0.541 bits per heavy atom. The number of nitrogens with two attached hydrogens (primary N) is 4. The number of carbonyl (C=O) groups excluding carboxylic acids is 7. The second-order valence-electron chi connectivity index (χ2n) is 15.2. The summed E-state index contributed by atoms with van der Waals surface area (Å²) in [5, 5.41) is 52.0. The van der Waals surface area contributed by atoms with E-state index in [2.05, 4.69) is 36.9 Å². The molecular formula is C36H63N11O14. The number of carboxylic acid groups (broad SMARTS) is 3. The molecular weight excluding hydrogens is 810 g/mol. The summed E-state index contributed by atoms with van der Waals surface area (Å²) in [5.74, 6) is -12.4. The molecule has 0 aliphatic carbocycles. The lowest BCUT2D eigenvalue weighted by Crippen LogP contribution is -2.60. The lowest BCUT2D eigenvalue weighted by molar-refractivity contribution is -0.145. The predicted octanol–water partition coefficient (Wildman–Crippen LogP) is -4.56. The molecule has 346 valence electrons. The third kappa shape index (κ3) is 23.3. The minimum Gasteiger partial charge on any atom is -0.481 e. The van der Waals surface area contributed by atoms with Gasteiger partial charge in [-0.15, -0.1) is 0 Å². The maximum absolute atomic E-state index is 13.7.